The minimum atomic E-state index is -0.913. The van der Waals surface area contributed by atoms with Crippen molar-refractivity contribution in [2.45, 2.75) is 12.3 Å². The Bertz CT molecular complexity index is 292. The van der Waals surface area contributed by atoms with E-state index in [1.807, 2.05) is 30.3 Å². The van der Waals surface area contributed by atoms with Crippen LogP contribution in [-0.4, -0.2) is 5.97 Å². The van der Waals surface area contributed by atoms with Gasteiger partial charge in [0.05, 0.1) is 0 Å². The molecule has 1 aromatic carbocycles. The molecule has 12 heavy (non-hydrogen) atoms. The van der Waals surface area contributed by atoms with E-state index in [1.165, 1.54) is 0 Å². The van der Waals surface area contributed by atoms with Crippen molar-refractivity contribution >= 4 is 5.97 Å². The van der Waals surface area contributed by atoms with Gasteiger partial charge in [0.25, 0.3) is 0 Å². The molecule has 0 heterocycles. The van der Waals surface area contributed by atoms with Gasteiger partial charge in [-0.05, 0) is 17.9 Å². The molecule has 0 radical (unpaired) electrons. The van der Waals surface area contributed by atoms with Crippen LogP contribution >= 0.6 is 0 Å². The highest BCUT2D eigenvalue weighted by Crippen LogP contribution is 2.46. The standard InChI is InChI=1S/C10H10O2/c11-10(12)9-6-8(9)7-4-2-1-3-5-7/h1-5,8-9H,6H2,(H,11,12)/p-1. The lowest BCUT2D eigenvalue weighted by molar-refractivity contribution is -0.308. The third-order valence-electron chi connectivity index (χ3n) is 2.32. The van der Waals surface area contributed by atoms with Crippen LogP contribution in [0.1, 0.15) is 17.9 Å². The van der Waals surface area contributed by atoms with E-state index >= 15 is 0 Å². The highest BCUT2D eigenvalue weighted by molar-refractivity contribution is 5.73. The molecule has 2 nitrogen and oxygen atoms in total. The van der Waals surface area contributed by atoms with Crippen LogP contribution < -0.4 is 5.11 Å². The Morgan fingerprint density at radius 3 is 2.50 bits per heavy atom. The van der Waals surface area contributed by atoms with Gasteiger partial charge in [0.1, 0.15) is 0 Å². The second kappa shape index (κ2) is 2.63. The van der Waals surface area contributed by atoms with E-state index in [2.05, 4.69) is 0 Å². The summed E-state index contributed by atoms with van der Waals surface area (Å²) in [6.07, 6.45) is 0.742. The maximum Gasteiger partial charge on any atom is 0.0451 e. The van der Waals surface area contributed by atoms with Crippen LogP contribution in [0.25, 0.3) is 0 Å². The summed E-state index contributed by atoms with van der Waals surface area (Å²) in [5.41, 5.74) is 1.12. The summed E-state index contributed by atoms with van der Waals surface area (Å²) in [6.45, 7) is 0. The van der Waals surface area contributed by atoms with Gasteiger partial charge < -0.3 is 9.90 Å². The van der Waals surface area contributed by atoms with Crippen LogP contribution in [-0.2, 0) is 4.79 Å². The highest BCUT2D eigenvalue weighted by Gasteiger charge is 2.38. The van der Waals surface area contributed by atoms with Crippen molar-refractivity contribution in [2.75, 3.05) is 0 Å². The predicted molar refractivity (Wildman–Crippen MR) is 42.3 cm³/mol. The van der Waals surface area contributed by atoms with Gasteiger partial charge in [-0.3, -0.25) is 0 Å². The molecule has 0 N–H and O–H groups in total. The summed E-state index contributed by atoms with van der Waals surface area (Å²) in [5, 5.41) is 10.4. The number of carbonyl (C=O) groups excluding carboxylic acids is 1. The fraction of sp³-hybridized carbons (Fsp3) is 0.300. The summed E-state index contributed by atoms with van der Waals surface area (Å²) in [6, 6.07) is 9.72. The second-order valence-corrected chi connectivity index (χ2v) is 3.18. The van der Waals surface area contributed by atoms with Crippen molar-refractivity contribution in [2.24, 2.45) is 5.92 Å². The van der Waals surface area contributed by atoms with E-state index in [4.69, 9.17) is 0 Å². The van der Waals surface area contributed by atoms with E-state index in [0.29, 0.717) is 0 Å². The maximum atomic E-state index is 10.4. The lowest BCUT2D eigenvalue weighted by Crippen LogP contribution is -2.24. The van der Waals surface area contributed by atoms with E-state index in [-0.39, 0.29) is 11.8 Å². The fourth-order valence-corrected chi connectivity index (χ4v) is 1.52. The molecule has 62 valence electrons. The smallest absolute Gasteiger partial charge is 0.0451 e. The summed E-state index contributed by atoms with van der Waals surface area (Å²) < 4.78 is 0. The lowest BCUT2D eigenvalue weighted by atomic mass is 10.1. The molecule has 1 aliphatic rings. The highest BCUT2D eigenvalue weighted by atomic mass is 16.4. The zero-order chi connectivity index (χ0) is 8.55. The number of hydrogen-bond donors (Lipinski definition) is 0. The monoisotopic (exact) mass is 161 g/mol. The lowest BCUT2D eigenvalue weighted by Gasteiger charge is -2.00. The minimum absolute atomic E-state index is 0.205. The Morgan fingerprint density at radius 2 is 2.00 bits per heavy atom. The van der Waals surface area contributed by atoms with Gasteiger partial charge in [-0.2, -0.15) is 0 Å². The topological polar surface area (TPSA) is 40.1 Å². The van der Waals surface area contributed by atoms with Gasteiger partial charge >= 0.3 is 0 Å². The molecule has 0 aromatic heterocycles. The van der Waals surface area contributed by atoms with Crippen molar-refractivity contribution in [1.29, 1.82) is 0 Å². The van der Waals surface area contributed by atoms with Crippen molar-refractivity contribution in [1.82, 2.24) is 0 Å². The van der Waals surface area contributed by atoms with E-state index in [9.17, 15) is 9.90 Å². The van der Waals surface area contributed by atoms with E-state index in [0.717, 1.165) is 12.0 Å². The molecule has 1 fully saturated rings. The second-order valence-electron chi connectivity index (χ2n) is 3.18. The number of hydrogen-bond acceptors (Lipinski definition) is 2. The molecular formula is C10H9O2-. The molecule has 0 aliphatic heterocycles. The first-order valence-corrected chi connectivity index (χ1v) is 4.05. The largest absolute Gasteiger partial charge is 0.550 e. The molecule has 0 bridgehead atoms. The van der Waals surface area contributed by atoms with Crippen LogP contribution in [0, 0.1) is 5.92 Å². The normalized spacial score (nSPS) is 26.7. The summed E-state index contributed by atoms with van der Waals surface area (Å²) in [4.78, 5) is 10.4. The molecule has 0 saturated heterocycles. The average Bonchev–Trinajstić information content (AvgIpc) is 2.84. The number of aliphatic carboxylic acids is 1. The molecule has 1 aromatic rings. The molecule has 0 spiro atoms. The van der Waals surface area contributed by atoms with Crippen LogP contribution in [0.15, 0.2) is 30.3 Å². The maximum absolute atomic E-state index is 10.4. The first-order valence-electron chi connectivity index (χ1n) is 4.05. The van der Waals surface area contributed by atoms with Crippen molar-refractivity contribution in [3.63, 3.8) is 0 Å². The molecule has 2 unspecified atom stereocenters. The SMILES string of the molecule is O=C([O-])C1CC1c1ccccc1. The molecule has 2 heteroatoms. The van der Waals surface area contributed by atoms with E-state index in [1.54, 1.807) is 0 Å². The third kappa shape index (κ3) is 1.20. The molecule has 1 aliphatic carbocycles. The molecule has 0 amide bonds. The van der Waals surface area contributed by atoms with Gasteiger partial charge in [0, 0.05) is 11.9 Å². The molecule has 2 atom stereocenters. The first-order chi connectivity index (χ1) is 5.79. The van der Waals surface area contributed by atoms with Crippen LogP contribution in [0.3, 0.4) is 0 Å². The molecular weight excluding hydrogens is 152 g/mol. The van der Waals surface area contributed by atoms with Gasteiger partial charge in [-0.1, -0.05) is 30.3 Å². The Balaban J connectivity index is 2.11. The predicted octanol–water partition coefficient (Wildman–Crippen LogP) is 0.540. The van der Waals surface area contributed by atoms with Crippen molar-refractivity contribution in [3.05, 3.63) is 35.9 Å². The number of carbonyl (C=O) groups is 1. The minimum Gasteiger partial charge on any atom is -0.550 e. The summed E-state index contributed by atoms with van der Waals surface area (Å²) in [5.74, 6) is -0.951. The fourth-order valence-electron chi connectivity index (χ4n) is 1.52. The van der Waals surface area contributed by atoms with Crippen LogP contribution in [0.4, 0.5) is 0 Å². The Kier molecular flexibility index (Phi) is 1.61. The average molecular weight is 161 g/mol. The zero-order valence-electron chi connectivity index (χ0n) is 6.57. The van der Waals surface area contributed by atoms with Crippen LogP contribution in [0.2, 0.25) is 0 Å². The Hall–Kier alpha value is -1.31. The number of rotatable bonds is 2. The number of carboxylic acids is 1. The van der Waals surface area contributed by atoms with Crippen LogP contribution in [0.5, 0.6) is 0 Å². The number of carboxylic acid groups (broad SMARTS) is 1. The quantitative estimate of drug-likeness (QED) is 0.635. The van der Waals surface area contributed by atoms with Crippen molar-refractivity contribution in [3.8, 4) is 0 Å². The summed E-state index contributed by atoms with van der Waals surface area (Å²) in [7, 11) is 0. The summed E-state index contributed by atoms with van der Waals surface area (Å²) >= 11 is 0. The van der Waals surface area contributed by atoms with Gasteiger partial charge in [-0.15, -0.1) is 0 Å². The van der Waals surface area contributed by atoms with Gasteiger partial charge in [-0.25, -0.2) is 0 Å². The Labute approximate surface area is 70.8 Å². The molecule has 2 rings (SSSR count). The first kappa shape index (κ1) is 7.35. The van der Waals surface area contributed by atoms with Gasteiger partial charge in [0.2, 0.25) is 0 Å². The third-order valence-corrected chi connectivity index (χ3v) is 2.32. The molecule has 1 saturated carbocycles. The number of benzene rings is 1. The van der Waals surface area contributed by atoms with Crippen molar-refractivity contribution < 1.29 is 9.90 Å². The zero-order valence-corrected chi connectivity index (χ0v) is 6.57. The van der Waals surface area contributed by atoms with Gasteiger partial charge in [0.15, 0.2) is 0 Å². The Morgan fingerprint density at radius 1 is 1.33 bits per heavy atom. The van der Waals surface area contributed by atoms with E-state index < -0.39 is 5.97 Å².